The zero-order chi connectivity index (χ0) is 24.5. The van der Waals surface area contributed by atoms with Gasteiger partial charge in [0.1, 0.15) is 11.6 Å². The van der Waals surface area contributed by atoms with Crippen LogP contribution in [0.15, 0.2) is 34.0 Å². The van der Waals surface area contributed by atoms with Gasteiger partial charge in [-0.1, -0.05) is 46.4 Å². The monoisotopic (exact) mass is 485 g/mol. The first-order valence-electron chi connectivity index (χ1n) is 11.8. The lowest BCUT2D eigenvalue weighted by Gasteiger charge is -2.35. The third kappa shape index (κ3) is 5.65. The van der Waals surface area contributed by atoms with Crippen molar-refractivity contribution in [2.24, 2.45) is 18.9 Å². The Morgan fingerprint density at radius 3 is 2.59 bits per heavy atom. The van der Waals surface area contributed by atoms with Gasteiger partial charge in [0.05, 0.1) is 24.3 Å². The largest absolute Gasteiger partial charge is 0.467 e. The molecule has 3 aromatic heterocycles. The van der Waals surface area contributed by atoms with Crippen LogP contribution in [0.25, 0.3) is 0 Å². The van der Waals surface area contributed by atoms with Gasteiger partial charge in [-0.3, -0.25) is 14.0 Å². The number of hydrogen-bond donors (Lipinski definition) is 1. The predicted octanol–water partition coefficient (Wildman–Crippen LogP) is 4.16. The van der Waals surface area contributed by atoms with Crippen LogP contribution in [0.2, 0.25) is 0 Å². The predicted molar refractivity (Wildman–Crippen MR) is 134 cm³/mol. The Labute approximate surface area is 205 Å². The summed E-state index contributed by atoms with van der Waals surface area (Å²) < 4.78 is 9.37. The number of nitrogens with zero attached hydrogens (tertiary/aromatic N) is 6. The van der Waals surface area contributed by atoms with Crippen molar-refractivity contribution in [1.29, 1.82) is 0 Å². The lowest BCUT2D eigenvalue weighted by molar-refractivity contribution is -0.113. The molecule has 3 aromatic rings. The van der Waals surface area contributed by atoms with Crippen molar-refractivity contribution in [3.05, 3.63) is 35.9 Å². The Morgan fingerprint density at radius 2 is 1.97 bits per heavy atom. The molecule has 2 unspecified atom stereocenters. The van der Waals surface area contributed by atoms with Gasteiger partial charge in [0.15, 0.2) is 5.16 Å². The van der Waals surface area contributed by atoms with Gasteiger partial charge in [-0.05, 0) is 30.4 Å². The topological polar surface area (TPSA) is 94.0 Å². The van der Waals surface area contributed by atoms with E-state index in [0.717, 1.165) is 30.5 Å². The van der Waals surface area contributed by atoms with Crippen molar-refractivity contribution >= 4 is 29.4 Å². The fourth-order valence-electron chi connectivity index (χ4n) is 4.40. The van der Waals surface area contributed by atoms with Crippen molar-refractivity contribution in [2.45, 2.75) is 58.2 Å². The SMILES string of the molecule is CC1CC(C)CN(c2nnc(SCC(=O)Nc3cc(C(C)(C)C)nn3C)n2Cc2ccco2)C1. The van der Waals surface area contributed by atoms with Gasteiger partial charge in [-0.25, -0.2) is 0 Å². The molecule has 1 saturated heterocycles. The van der Waals surface area contributed by atoms with Crippen LogP contribution in [-0.2, 0) is 23.8 Å². The Kier molecular flexibility index (Phi) is 7.06. The lowest BCUT2D eigenvalue weighted by Crippen LogP contribution is -2.40. The molecule has 0 bridgehead atoms. The molecule has 0 radical (unpaired) electrons. The molecule has 0 aliphatic carbocycles. The fourth-order valence-corrected chi connectivity index (χ4v) is 5.14. The molecule has 0 saturated carbocycles. The van der Waals surface area contributed by atoms with E-state index in [4.69, 9.17) is 4.42 Å². The Balaban J connectivity index is 1.48. The number of piperidine rings is 1. The molecule has 34 heavy (non-hydrogen) atoms. The van der Waals surface area contributed by atoms with Crippen LogP contribution >= 0.6 is 11.8 Å². The second-order valence-electron chi connectivity index (χ2n) is 10.4. The Hall–Kier alpha value is -2.75. The van der Waals surface area contributed by atoms with E-state index >= 15 is 0 Å². The number of hydrogen-bond acceptors (Lipinski definition) is 7. The second-order valence-corrected chi connectivity index (χ2v) is 11.4. The van der Waals surface area contributed by atoms with Gasteiger partial charge in [0.25, 0.3) is 0 Å². The van der Waals surface area contributed by atoms with Crippen LogP contribution in [0.4, 0.5) is 11.8 Å². The van der Waals surface area contributed by atoms with Gasteiger partial charge in [-0.15, -0.1) is 10.2 Å². The highest BCUT2D eigenvalue weighted by Gasteiger charge is 2.27. The minimum atomic E-state index is -0.109. The molecule has 1 N–H and O–H groups in total. The van der Waals surface area contributed by atoms with Gasteiger partial charge in [0, 0.05) is 31.6 Å². The third-order valence-corrected chi connectivity index (χ3v) is 6.96. The zero-order valence-electron chi connectivity index (χ0n) is 20.9. The minimum Gasteiger partial charge on any atom is -0.467 e. The molecule has 1 aliphatic heterocycles. The first-order chi connectivity index (χ1) is 16.1. The summed E-state index contributed by atoms with van der Waals surface area (Å²) in [6.07, 6.45) is 2.89. The van der Waals surface area contributed by atoms with Crippen molar-refractivity contribution < 1.29 is 9.21 Å². The average molecular weight is 486 g/mol. The summed E-state index contributed by atoms with van der Waals surface area (Å²) in [5.41, 5.74) is 0.850. The fraction of sp³-hybridized carbons (Fsp3) is 0.583. The quantitative estimate of drug-likeness (QED) is 0.502. The van der Waals surface area contributed by atoms with Gasteiger partial charge >= 0.3 is 0 Å². The van der Waals surface area contributed by atoms with E-state index in [0.29, 0.717) is 29.4 Å². The van der Waals surface area contributed by atoms with Crippen LogP contribution in [0, 0.1) is 11.8 Å². The highest BCUT2D eigenvalue weighted by molar-refractivity contribution is 7.99. The number of carbonyl (C=O) groups excluding carboxylic acids is 1. The minimum absolute atomic E-state index is 0.0857. The summed E-state index contributed by atoms with van der Waals surface area (Å²) in [5.74, 6) is 3.65. The summed E-state index contributed by atoms with van der Waals surface area (Å²) >= 11 is 1.38. The standard InChI is InChI=1S/C24H35N7O2S/c1-16-10-17(2)13-30(12-16)22-26-27-23(31(22)14-18-8-7-9-33-18)34-15-21(32)25-20-11-19(24(3,4)5)28-29(20)6/h7-9,11,16-17H,10,12-15H2,1-6H3,(H,25,32). The molecular weight excluding hydrogens is 450 g/mol. The van der Waals surface area contributed by atoms with Crippen LogP contribution in [0.3, 0.4) is 0 Å². The van der Waals surface area contributed by atoms with E-state index in [9.17, 15) is 4.79 Å². The molecule has 0 spiro atoms. The maximum absolute atomic E-state index is 12.8. The van der Waals surface area contributed by atoms with Crippen molar-refractivity contribution in [1.82, 2.24) is 24.5 Å². The molecule has 4 rings (SSSR count). The molecule has 4 heterocycles. The van der Waals surface area contributed by atoms with E-state index < -0.39 is 0 Å². The van der Waals surface area contributed by atoms with Crippen LogP contribution in [0.1, 0.15) is 52.5 Å². The molecule has 0 aromatic carbocycles. The molecule has 184 valence electrons. The number of nitrogens with one attached hydrogen (secondary N) is 1. The molecule has 10 heteroatoms. The number of amides is 1. The highest BCUT2D eigenvalue weighted by Crippen LogP contribution is 2.29. The Morgan fingerprint density at radius 1 is 1.24 bits per heavy atom. The molecule has 1 amide bonds. The maximum atomic E-state index is 12.8. The number of carbonyl (C=O) groups is 1. The van der Waals surface area contributed by atoms with Gasteiger partial charge in [-0.2, -0.15) is 5.10 Å². The molecule has 9 nitrogen and oxygen atoms in total. The molecular formula is C24H35N7O2S. The summed E-state index contributed by atoms with van der Waals surface area (Å²) in [6, 6.07) is 5.75. The van der Waals surface area contributed by atoms with E-state index in [1.807, 2.05) is 25.2 Å². The maximum Gasteiger partial charge on any atom is 0.235 e. The number of aryl methyl sites for hydroxylation is 1. The summed E-state index contributed by atoms with van der Waals surface area (Å²) in [7, 11) is 1.84. The van der Waals surface area contributed by atoms with Crippen LogP contribution in [0.5, 0.6) is 0 Å². The summed E-state index contributed by atoms with van der Waals surface area (Å²) in [4.78, 5) is 15.1. The Bertz CT molecular complexity index is 1100. The smallest absolute Gasteiger partial charge is 0.235 e. The molecule has 1 fully saturated rings. The van der Waals surface area contributed by atoms with Crippen molar-refractivity contribution in [3.63, 3.8) is 0 Å². The van der Waals surface area contributed by atoms with Crippen LogP contribution < -0.4 is 10.2 Å². The number of furan rings is 1. The summed E-state index contributed by atoms with van der Waals surface area (Å²) in [6.45, 7) is 13.3. The normalized spacial score (nSPS) is 18.9. The van der Waals surface area contributed by atoms with Crippen molar-refractivity contribution in [3.8, 4) is 0 Å². The number of anilines is 2. The number of rotatable bonds is 7. The van der Waals surface area contributed by atoms with Gasteiger partial charge < -0.3 is 14.6 Å². The van der Waals surface area contributed by atoms with Crippen molar-refractivity contribution in [2.75, 3.05) is 29.1 Å². The first kappa shape index (κ1) is 24.4. The average Bonchev–Trinajstić information content (AvgIpc) is 3.47. The first-order valence-corrected chi connectivity index (χ1v) is 12.8. The third-order valence-electron chi connectivity index (χ3n) is 5.99. The molecule has 2 atom stereocenters. The molecule has 1 aliphatic rings. The number of aromatic nitrogens is 5. The zero-order valence-corrected chi connectivity index (χ0v) is 21.7. The lowest BCUT2D eigenvalue weighted by atomic mass is 9.92. The van der Waals surface area contributed by atoms with E-state index in [1.54, 1.807) is 10.9 Å². The van der Waals surface area contributed by atoms with E-state index in [-0.39, 0.29) is 17.1 Å². The van der Waals surface area contributed by atoms with E-state index in [2.05, 4.69) is 64.7 Å². The highest BCUT2D eigenvalue weighted by atomic mass is 32.2. The summed E-state index contributed by atoms with van der Waals surface area (Å²) in [5, 5.41) is 17.2. The van der Waals surface area contributed by atoms with Crippen LogP contribution in [-0.4, -0.2) is 49.3 Å². The van der Waals surface area contributed by atoms with E-state index in [1.165, 1.54) is 18.2 Å². The number of thioether (sulfide) groups is 1. The second kappa shape index (κ2) is 9.85. The van der Waals surface area contributed by atoms with Gasteiger partial charge in [0.2, 0.25) is 11.9 Å².